The highest BCUT2D eigenvalue weighted by Crippen LogP contribution is 2.22. The van der Waals surface area contributed by atoms with Crippen LogP contribution in [0.15, 0.2) is 54.6 Å². The van der Waals surface area contributed by atoms with Crippen LogP contribution in [0.1, 0.15) is 30.4 Å². The third-order valence-electron chi connectivity index (χ3n) is 5.12. The molecule has 132 valence electrons. The Hall–Kier alpha value is -2.29. The first kappa shape index (κ1) is 17.5. The second-order valence-electron chi connectivity index (χ2n) is 6.86. The number of rotatable bonds is 6. The number of carbonyl (C=O) groups is 1. The normalized spacial score (nSPS) is 15.2. The maximum atomic E-state index is 12.5. The van der Waals surface area contributed by atoms with Gasteiger partial charge >= 0.3 is 0 Å². The third kappa shape index (κ3) is 5.09. The molecule has 3 nitrogen and oxygen atoms in total. The molecule has 0 atom stereocenters. The van der Waals surface area contributed by atoms with Gasteiger partial charge in [0.1, 0.15) is 5.75 Å². The molecule has 0 aromatic heterocycles. The summed E-state index contributed by atoms with van der Waals surface area (Å²) in [6, 6.07) is 18.7. The molecule has 0 saturated carbocycles. The van der Waals surface area contributed by atoms with Gasteiger partial charge in [-0.25, -0.2) is 0 Å². The summed E-state index contributed by atoms with van der Waals surface area (Å²) < 4.78 is 5.17. The summed E-state index contributed by atoms with van der Waals surface area (Å²) in [5, 5.41) is 0. The van der Waals surface area contributed by atoms with Crippen LogP contribution in [0.4, 0.5) is 0 Å². The molecule has 1 aliphatic rings. The number of hydrogen-bond acceptors (Lipinski definition) is 2. The Kier molecular flexibility index (Phi) is 6.10. The van der Waals surface area contributed by atoms with Gasteiger partial charge in [-0.15, -0.1) is 0 Å². The van der Waals surface area contributed by atoms with Gasteiger partial charge in [-0.3, -0.25) is 4.79 Å². The fraction of sp³-hybridized carbons (Fsp3) is 0.409. The van der Waals surface area contributed by atoms with Crippen molar-refractivity contribution in [2.45, 2.75) is 32.1 Å². The van der Waals surface area contributed by atoms with Gasteiger partial charge in [-0.05, 0) is 54.9 Å². The van der Waals surface area contributed by atoms with E-state index in [1.165, 1.54) is 11.1 Å². The lowest BCUT2D eigenvalue weighted by Gasteiger charge is -2.32. The first-order valence-corrected chi connectivity index (χ1v) is 9.19. The van der Waals surface area contributed by atoms with Gasteiger partial charge in [-0.2, -0.15) is 0 Å². The Morgan fingerprint density at radius 2 is 1.68 bits per heavy atom. The van der Waals surface area contributed by atoms with Gasteiger partial charge in [0.15, 0.2) is 0 Å². The predicted octanol–water partition coefficient (Wildman–Crippen LogP) is 4.11. The van der Waals surface area contributed by atoms with Crippen LogP contribution in [0.3, 0.4) is 0 Å². The van der Waals surface area contributed by atoms with Crippen molar-refractivity contribution in [3.8, 4) is 5.75 Å². The molecule has 0 spiro atoms. The molecule has 0 radical (unpaired) electrons. The van der Waals surface area contributed by atoms with Crippen molar-refractivity contribution in [2.24, 2.45) is 5.92 Å². The van der Waals surface area contributed by atoms with E-state index in [1.807, 2.05) is 29.2 Å². The minimum Gasteiger partial charge on any atom is -0.497 e. The van der Waals surface area contributed by atoms with Gasteiger partial charge < -0.3 is 9.64 Å². The zero-order valence-corrected chi connectivity index (χ0v) is 15.0. The number of nitrogens with zero attached hydrogens (tertiary/aromatic N) is 1. The lowest BCUT2D eigenvalue weighted by atomic mass is 9.90. The Morgan fingerprint density at radius 3 is 2.32 bits per heavy atom. The van der Waals surface area contributed by atoms with E-state index in [4.69, 9.17) is 4.74 Å². The van der Waals surface area contributed by atoms with E-state index in [1.54, 1.807) is 7.11 Å². The molecule has 3 heteroatoms. The number of amides is 1. The van der Waals surface area contributed by atoms with Crippen molar-refractivity contribution in [1.82, 2.24) is 4.90 Å². The maximum Gasteiger partial charge on any atom is 0.222 e. The SMILES string of the molecule is COc1ccc(CCC(=O)N2CCC(Cc3ccccc3)CC2)cc1. The largest absolute Gasteiger partial charge is 0.497 e. The molecule has 25 heavy (non-hydrogen) atoms. The number of piperidine rings is 1. The van der Waals surface area contributed by atoms with Crippen molar-refractivity contribution in [3.05, 3.63) is 65.7 Å². The third-order valence-corrected chi connectivity index (χ3v) is 5.12. The van der Waals surface area contributed by atoms with E-state index in [0.717, 1.165) is 44.5 Å². The molecule has 0 N–H and O–H groups in total. The van der Waals surface area contributed by atoms with E-state index in [2.05, 4.69) is 30.3 Å². The van der Waals surface area contributed by atoms with Crippen LogP contribution in [0.25, 0.3) is 0 Å². The number of benzene rings is 2. The highest BCUT2D eigenvalue weighted by molar-refractivity contribution is 5.76. The molecule has 2 aromatic rings. The summed E-state index contributed by atoms with van der Waals surface area (Å²) in [4.78, 5) is 14.5. The van der Waals surface area contributed by atoms with Crippen molar-refractivity contribution in [1.29, 1.82) is 0 Å². The number of ether oxygens (including phenoxy) is 1. The number of hydrogen-bond donors (Lipinski definition) is 0. The van der Waals surface area contributed by atoms with E-state index in [0.29, 0.717) is 12.3 Å². The first-order chi connectivity index (χ1) is 12.2. The molecular formula is C22H27NO2. The van der Waals surface area contributed by atoms with Crippen molar-refractivity contribution < 1.29 is 9.53 Å². The van der Waals surface area contributed by atoms with Crippen LogP contribution < -0.4 is 4.74 Å². The average molecular weight is 337 g/mol. The summed E-state index contributed by atoms with van der Waals surface area (Å²) in [7, 11) is 1.67. The van der Waals surface area contributed by atoms with Gasteiger partial charge in [0.05, 0.1) is 7.11 Å². The Balaban J connectivity index is 1.41. The average Bonchev–Trinajstić information content (AvgIpc) is 2.68. The van der Waals surface area contributed by atoms with E-state index in [9.17, 15) is 4.79 Å². The lowest BCUT2D eigenvalue weighted by Crippen LogP contribution is -2.39. The topological polar surface area (TPSA) is 29.5 Å². The first-order valence-electron chi connectivity index (χ1n) is 9.19. The van der Waals surface area contributed by atoms with E-state index >= 15 is 0 Å². The molecule has 1 heterocycles. The van der Waals surface area contributed by atoms with Gasteiger partial charge in [0.25, 0.3) is 0 Å². The predicted molar refractivity (Wildman–Crippen MR) is 101 cm³/mol. The Labute approximate surface area is 150 Å². The quantitative estimate of drug-likeness (QED) is 0.794. The minimum atomic E-state index is 0.286. The highest BCUT2D eigenvalue weighted by atomic mass is 16.5. The van der Waals surface area contributed by atoms with Crippen LogP contribution in [0, 0.1) is 5.92 Å². The van der Waals surface area contributed by atoms with Crippen LogP contribution in [-0.4, -0.2) is 31.0 Å². The molecule has 0 unspecified atom stereocenters. The van der Waals surface area contributed by atoms with Crippen LogP contribution in [0.2, 0.25) is 0 Å². The molecular weight excluding hydrogens is 310 g/mol. The van der Waals surface area contributed by atoms with Gasteiger partial charge in [0, 0.05) is 19.5 Å². The summed E-state index contributed by atoms with van der Waals surface area (Å²) in [6.07, 6.45) is 4.75. The van der Waals surface area contributed by atoms with E-state index < -0.39 is 0 Å². The van der Waals surface area contributed by atoms with Gasteiger partial charge in [0.2, 0.25) is 5.91 Å². The number of carbonyl (C=O) groups excluding carboxylic acids is 1. The lowest BCUT2D eigenvalue weighted by molar-refractivity contribution is -0.132. The van der Waals surface area contributed by atoms with Crippen molar-refractivity contribution in [2.75, 3.05) is 20.2 Å². The molecule has 1 fully saturated rings. The van der Waals surface area contributed by atoms with Crippen molar-refractivity contribution in [3.63, 3.8) is 0 Å². The molecule has 0 aliphatic carbocycles. The minimum absolute atomic E-state index is 0.286. The number of methoxy groups -OCH3 is 1. The molecule has 1 amide bonds. The number of aryl methyl sites for hydroxylation is 1. The fourth-order valence-electron chi connectivity index (χ4n) is 3.54. The Bertz CT molecular complexity index is 658. The summed E-state index contributed by atoms with van der Waals surface area (Å²) in [6.45, 7) is 1.80. The standard InChI is InChI=1S/C22H27NO2/c1-25-21-10-7-18(8-11-21)9-12-22(24)23-15-13-20(14-16-23)17-19-5-3-2-4-6-19/h2-8,10-11,20H,9,12-17H2,1H3. The van der Waals surface area contributed by atoms with Crippen LogP contribution >= 0.6 is 0 Å². The molecule has 1 aliphatic heterocycles. The molecule has 1 saturated heterocycles. The second-order valence-corrected chi connectivity index (χ2v) is 6.86. The zero-order valence-electron chi connectivity index (χ0n) is 15.0. The van der Waals surface area contributed by atoms with Crippen LogP contribution in [-0.2, 0) is 17.6 Å². The number of likely N-dealkylation sites (tertiary alicyclic amines) is 1. The van der Waals surface area contributed by atoms with E-state index in [-0.39, 0.29) is 5.91 Å². The molecule has 3 rings (SSSR count). The summed E-state index contributed by atoms with van der Waals surface area (Å²) >= 11 is 0. The zero-order chi connectivity index (χ0) is 17.5. The Morgan fingerprint density at radius 1 is 1.00 bits per heavy atom. The van der Waals surface area contributed by atoms with Crippen LogP contribution in [0.5, 0.6) is 5.75 Å². The summed E-state index contributed by atoms with van der Waals surface area (Å²) in [5.74, 6) is 1.84. The van der Waals surface area contributed by atoms with Gasteiger partial charge in [-0.1, -0.05) is 42.5 Å². The monoisotopic (exact) mass is 337 g/mol. The summed E-state index contributed by atoms with van der Waals surface area (Å²) in [5.41, 5.74) is 2.60. The smallest absolute Gasteiger partial charge is 0.222 e. The highest BCUT2D eigenvalue weighted by Gasteiger charge is 2.22. The van der Waals surface area contributed by atoms with Crippen molar-refractivity contribution >= 4 is 5.91 Å². The second kappa shape index (κ2) is 8.70. The fourth-order valence-corrected chi connectivity index (χ4v) is 3.54. The maximum absolute atomic E-state index is 12.5. The molecule has 2 aromatic carbocycles. The molecule has 0 bridgehead atoms.